The van der Waals surface area contributed by atoms with Gasteiger partial charge in [0.15, 0.2) is 11.5 Å². The molecule has 128 valence electrons. The first-order valence-electron chi connectivity index (χ1n) is 8.43. The molecule has 5 nitrogen and oxygen atoms in total. The van der Waals surface area contributed by atoms with Crippen LogP contribution in [0.4, 0.5) is 10.2 Å². The van der Waals surface area contributed by atoms with E-state index in [0.29, 0.717) is 30.9 Å². The molecule has 26 heavy (non-hydrogen) atoms. The minimum atomic E-state index is -0.796. The Morgan fingerprint density at radius 2 is 2.08 bits per heavy atom. The largest absolute Gasteiger partial charge is 0.323 e. The summed E-state index contributed by atoms with van der Waals surface area (Å²) in [5.74, 6) is 6.82. The molecule has 2 aliphatic rings. The molecule has 0 saturated heterocycles. The van der Waals surface area contributed by atoms with Crippen molar-refractivity contribution in [3.63, 3.8) is 0 Å². The Kier molecular flexibility index (Phi) is 4.25. The van der Waals surface area contributed by atoms with Crippen LogP contribution in [-0.4, -0.2) is 20.7 Å². The Balaban J connectivity index is 1.57. The smallest absolute Gasteiger partial charge is 0.183 e. The molecule has 0 N–H and O–H groups in total. The lowest BCUT2D eigenvalue weighted by molar-refractivity contribution is 0.295. The summed E-state index contributed by atoms with van der Waals surface area (Å²) in [5.41, 5.74) is 2.20. The lowest BCUT2D eigenvalue weighted by atomic mass is 9.95. The van der Waals surface area contributed by atoms with Gasteiger partial charge in [-0.2, -0.15) is 5.26 Å². The monoisotopic (exact) mass is 345 g/mol. The van der Waals surface area contributed by atoms with E-state index in [1.807, 2.05) is 46.2 Å². The molecule has 0 aromatic carbocycles. The second kappa shape index (κ2) is 6.85. The van der Waals surface area contributed by atoms with E-state index in [4.69, 9.17) is 0 Å². The van der Waals surface area contributed by atoms with Crippen LogP contribution in [-0.2, 0) is 6.54 Å². The van der Waals surface area contributed by atoms with Gasteiger partial charge in [-0.15, -0.1) is 0 Å². The average molecular weight is 345 g/mol. The minimum absolute atomic E-state index is 0.0354. The highest BCUT2D eigenvalue weighted by atomic mass is 19.1. The van der Waals surface area contributed by atoms with Gasteiger partial charge in [0.2, 0.25) is 0 Å². The maximum absolute atomic E-state index is 13.5. The first kappa shape index (κ1) is 16.1. The number of hydrogen-bond acceptors (Lipinski definition) is 4. The quantitative estimate of drug-likeness (QED) is 0.588. The second-order valence-electron chi connectivity index (χ2n) is 6.22. The standard InChI is InChI=1S/C20H16FN5/c21-16-3-1-2-15(12-16)4-5-17-6-7-18-14-25(10-11-26(17)18)20-19(13-22)23-8-9-24-20/h1-2,6-11,15-16H,3,12,14H2. The molecule has 2 atom stereocenters. The number of aromatic nitrogens is 3. The summed E-state index contributed by atoms with van der Waals surface area (Å²) in [6.45, 7) is 0.571. The fraction of sp³-hybridized carbons (Fsp3) is 0.250. The molecule has 2 unspecified atom stereocenters. The molecule has 0 bridgehead atoms. The molecule has 6 heteroatoms. The molecule has 0 spiro atoms. The summed E-state index contributed by atoms with van der Waals surface area (Å²) in [7, 11) is 0. The van der Waals surface area contributed by atoms with E-state index >= 15 is 0 Å². The minimum Gasteiger partial charge on any atom is -0.323 e. The van der Waals surface area contributed by atoms with Crippen molar-refractivity contribution in [1.29, 1.82) is 5.26 Å². The van der Waals surface area contributed by atoms with E-state index in [1.165, 1.54) is 6.20 Å². The summed E-state index contributed by atoms with van der Waals surface area (Å²) in [6, 6.07) is 6.02. The zero-order valence-electron chi connectivity index (χ0n) is 14.0. The topological polar surface area (TPSA) is 57.7 Å². The third-order valence-corrected chi connectivity index (χ3v) is 4.44. The van der Waals surface area contributed by atoms with Gasteiger partial charge < -0.3 is 9.47 Å². The molecule has 0 amide bonds. The highest BCUT2D eigenvalue weighted by molar-refractivity contribution is 5.57. The summed E-state index contributed by atoms with van der Waals surface area (Å²) in [5, 5.41) is 9.20. The number of halogens is 1. The lowest BCUT2D eigenvalue weighted by Crippen LogP contribution is -2.23. The van der Waals surface area contributed by atoms with Crippen molar-refractivity contribution in [2.75, 3.05) is 4.90 Å². The lowest BCUT2D eigenvalue weighted by Gasteiger charge is -2.24. The maximum Gasteiger partial charge on any atom is 0.183 e. The van der Waals surface area contributed by atoms with Gasteiger partial charge in [-0.1, -0.05) is 18.1 Å². The molecule has 2 aromatic rings. The number of nitrogens with zero attached hydrogens (tertiary/aromatic N) is 5. The van der Waals surface area contributed by atoms with E-state index in [1.54, 1.807) is 6.20 Å². The van der Waals surface area contributed by atoms with Gasteiger partial charge >= 0.3 is 0 Å². The van der Waals surface area contributed by atoms with Gasteiger partial charge in [-0.3, -0.25) is 0 Å². The Labute approximate surface area is 151 Å². The molecule has 0 radical (unpaired) electrons. The average Bonchev–Trinajstić information content (AvgIpc) is 3.08. The van der Waals surface area contributed by atoms with Gasteiger partial charge in [0.05, 0.1) is 12.2 Å². The maximum atomic E-state index is 13.5. The highest BCUT2D eigenvalue weighted by Gasteiger charge is 2.19. The first-order chi connectivity index (χ1) is 12.7. The van der Waals surface area contributed by atoms with Crippen molar-refractivity contribution in [3.05, 3.63) is 60.0 Å². The second-order valence-corrected chi connectivity index (χ2v) is 6.22. The number of fused-ring (bicyclic) bond motifs is 1. The molecule has 1 aliphatic carbocycles. The summed E-state index contributed by atoms with van der Waals surface area (Å²) < 4.78 is 15.5. The Hall–Kier alpha value is -3.38. The Morgan fingerprint density at radius 3 is 2.92 bits per heavy atom. The molecule has 2 aromatic heterocycles. The first-order valence-corrected chi connectivity index (χ1v) is 8.43. The van der Waals surface area contributed by atoms with Gasteiger partial charge in [0.1, 0.15) is 12.2 Å². The van der Waals surface area contributed by atoms with Crippen molar-refractivity contribution >= 4 is 12.0 Å². The van der Waals surface area contributed by atoms with Crippen LogP contribution in [0, 0.1) is 29.1 Å². The molecular weight excluding hydrogens is 329 g/mol. The van der Waals surface area contributed by atoms with Gasteiger partial charge in [0, 0.05) is 36.4 Å². The molecule has 1 aliphatic heterocycles. The summed E-state index contributed by atoms with van der Waals surface area (Å²) in [6.07, 6.45) is 10.8. The number of rotatable bonds is 1. The summed E-state index contributed by atoms with van der Waals surface area (Å²) >= 11 is 0. The molecule has 4 rings (SSSR count). The Morgan fingerprint density at radius 1 is 1.19 bits per heavy atom. The summed E-state index contributed by atoms with van der Waals surface area (Å²) in [4.78, 5) is 10.2. The van der Waals surface area contributed by atoms with Crippen molar-refractivity contribution in [3.8, 4) is 17.9 Å². The zero-order valence-corrected chi connectivity index (χ0v) is 14.0. The molecule has 3 heterocycles. The van der Waals surface area contributed by atoms with E-state index in [-0.39, 0.29) is 5.92 Å². The molecule has 0 fully saturated rings. The fourth-order valence-corrected chi connectivity index (χ4v) is 3.15. The number of allylic oxidation sites excluding steroid dienone is 2. The van der Waals surface area contributed by atoms with Gasteiger partial charge in [0.25, 0.3) is 0 Å². The number of nitriles is 1. The van der Waals surface area contributed by atoms with Crippen LogP contribution in [0.15, 0.2) is 42.9 Å². The van der Waals surface area contributed by atoms with Crippen LogP contribution < -0.4 is 4.90 Å². The number of alkyl halides is 1. The third kappa shape index (κ3) is 3.10. The van der Waals surface area contributed by atoms with Crippen molar-refractivity contribution in [2.24, 2.45) is 5.92 Å². The van der Waals surface area contributed by atoms with Gasteiger partial charge in [-0.05, 0) is 30.9 Å². The van der Waals surface area contributed by atoms with E-state index in [9.17, 15) is 9.65 Å². The van der Waals surface area contributed by atoms with Crippen molar-refractivity contribution < 1.29 is 4.39 Å². The normalized spacial score (nSPS) is 20.8. The van der Waals surface area contributed by atoms with E-state index < -0.39 is 6.17 Å². The highest BCUT2D eigenvalue weighted by Crippen LogP contribution is 2.24. The van der Waals surface area contributed by atoms with Crippen molar-refractivity contribution in [1.82, 2.24) is 14.5 Å². The number of anilines is 1. The van der Waals surface area contributed by atoms with Crippen LogP contribution in [0.2, 0.25) is 0 Å². The van der Waals surface area contributed by atoms with E-state index in [0.717, 1.165) is 11.4 Å². The van der Waals surface area contributed by atoms with Crippen LogP contribution in [0.5, 0.6) is 0 Å². The van der Waals surface area contributed by atoms with Crippen LogP contribution in [0.25, 0.3) is 6.20 Å². The van der Waals surface area contributed by atoms with Crippen LogP contribution >= 0.6 is 0 Å². The molecular formula is C20H16FN5. The van der Waals surface area contributed by atoms with Crippen molar-refractivity contribution in [2.45, 2.75) is 25.6 Å². The number of hydrogen-bond donors (Lipinski definition) is 0. The molecule has 0 saturated carbocycles. The van der Waals surface area contributed by atoms with Crippen LogP contribution in [0.1, 0.15) is 29.9 Å². The fourth-order valence-electron chi connectivity index (χ4n) is 3.15. The predicted octanol–water partition coefficient (Wildman–Crippen LogP) is 3.25. The SMILES string of the molecule is N#Cc1nccnc1N1C=Cn2c(C#CC3C=CCC(F)C3)ccc2C1. The van der Waals surface area contributed by atoms with Gasteiger partial charge in [-0.25, -0.2) is 14.4 Å². The predicted molar refractivity (Wildman–Crippen MR) is 96.3 cm³/mol. The zero-order chi connectivity index (χ0) is 17.9. The van der Waals surface area contributed by atoms with E-state index in [2.05, 4.69) is 27.9 Å². The third-order valence-electron chi connectivity index (χ3n) is 4.44. The van der Waals surface area contributed by atoms with Crippen LogP contribution in [0.3, 0.4) is 0 Å². The Bertz CT molecular complexity index is 986.